The summed E-state index contributed by atoms with van der Waals surface area (Å²) in [6.45, 7) is 11.0. The molecule has 0 saturated carbocycles. The van der Waals surface area contributed by atoms with Gasteiger partial charge in [0.25, 0.3) is 5.91 Å². The number of fused-ring (bicyclic) bond motifs is 1. The Kier molecular flexibility index (Phi) is 3.78. The number of nitrogens with one attached hydrogen (secondary N) is 1. The topological polar surface area (TPSA) is 64.7 Å². The van der Waals surface area contributed by atoms with Crippen molar-refractivity contribution in [3.05, 3.63) is 35.2 Å². The fourth-order valence-corrected chi connectivity index (χ4v) is 3.23. The van der Waals surface area contributed by atoms with Crippen molar-refractivity contribution in [2.24, 2.45) is 0 Å². The Labute approximate surface area is 136 Å². The second kappa shape index (κ2) is 5.51. The number of hydrogen-bond donors (Lipinski definition) is 1. The first-order valence-corrected chi connectivity index (χ1v) is 8.14. The number of rotatable bonds is 2. The molecule has 0 aromatic carbocycles. The van der Waals surface area contributed by atoms with Crippen LogP contribution in [0.25, 0.3) is 0 Å². The van der Waals surface area contributed by atoms with Crippen LogP contribution in [0.4, 0.5) is 0 Å². The monoisotopic (exact) mass is 315 g/mol. The Balaban J connectivity index is 1.71. The Morgan fingerprint density at radius 2 is 2.09 bits per heavy atom. The molecule has 2 aromatic rings. The summed E-state index contributed by atoms with van der Waals surface area (Å²) in [4.78, 5) is 17.0. The first-order chi connectivity index (χ1) is 10.7. The minimum atomic E-state index is -0.128. The molecule has 1 N–H and O–H groups in total. The van der Waals surface area contributed by atoms with Gasteiger partial charge in [-0.3, -0.25) is 9.48 Å². The zero-order chi connectivity index (χ0) is 16.8. The van der Waals surface area contributed by atoms with Crippen molar-refractivity contribution in [2.45, 2.75) is 65.6 Å². The normalized spacial score (nSPS) is 17.9. The highest BCUT2D eigenvalue weighted by atomic mass is 16.2. The van der Waals surface area contributed by atoms with Gasteiger partial charge in [-0.25, -0.2) is 4.98 Å². The van der Waals surface area contributed by atoms with Crippen molar-refractivity contribution in [2.75, 3.05) is 0 Å². The minimum absolute atomic E-state index is 0.0959. The SMILES string of the molecule is Cc1cn2c(n1)CCC(NC(=O)c1cc(C)n(C(C)(C)C)n1)C2. The standard InChI is InChI=1S/C17H25N5O/c1-11-9-21-10-13(6-7-15(21)18-11)19-16(23)14-8-12(2)22(20-14)17(3,4)5/h8-9,13H,6-7,10H2,1-5H3,(H,19,23). The molecule has 1 aliphatic heterocycles. The molecule has 1 atom stereocenters. The number of aryl methyl sites for hydroxylation is 3. The van der Waals surface area contributed by atoms with E-state index in [1.807, 2.05) is 30.8 Å². The van der Waals surface area contributed by atoms with Crippen molar-refractivity contribution in [3.8, 4) is 0 Å². The highest BCUT2D eigenvalue weighted by Gasteiger charge is 2.24. The van der Waals surface area contributed by atoms with E-state index in [0.717, 1.165) is 36.6 Å². The van der Waals surface area contributed by atoms with Crippen molar-refractivity contribution >= 4 is 5.91 Å². The fraction of sp³-hybridized carbons (Fsp3) is 0.588. The number of hydrogen-bond acceptors (Lipinski definition) is 3. The van der Waals surface area contributed by atoms with Crippen LogP contribution in [-0.2, 0) is 18.5 Å². The van der Waals surface area contributed by atoms with Crippen LogP contribution >= 0.6 is 0 Å². The van der Waals surface area contributed by atoms with Crippen LogP contribution in [0.5, 0.6) is 0 Å². The molecule has 3 rings (SSSR count). The first-order valence-electron chi connectivity index (χ1n) is 8.14. The van der Waals surface area contributed by atoms with Crippen LogP contribution in [0.15, 0.2) is 12.3 Å². The van der Waals surface area contributed by atoms with E-state index < -0.39 is 0 Å². The van der Waals surface area contributed by atoms with Gasteiger partial charge in [0.15, 0.2) is 0 Å². The molecule has 0 saturated heterocycles. The third kappa shape index (κ3) is 3.16. The number of imidazole rings is 1. The lowest BCUT2D eigenvalue weighted by Crippen LogP contribution is -2.41. The third-order valence-corrected chi connectivity index (χ3v) is 4.20. The lowest BCUT2D eigenvalue weighted by Gasteiger charge is -2.24. The smallest absolute Gasteiger partial charge is 0.272 e. The number of carbonyl (C=O) groups is 1. The van der Waals surface area contributed by atoms with Crippen LogP contribution in [0, 0.1) is 13.8 Å². The molecular weight excluding hydrogens is 290 g/mol. The lowest BCUT2D eigenvalue weighted by atomic mass is 10.1. The first kappa shape index (κ1) is 15.8. The van der Waals surface area contributed by atoms with Gasteiger partial charge >= 0.3 is 0 Å². The van der Waals surface area contributed by atoms with Crippen LogP contribution < -0.4 is 5.32 Å². The summed E-state index contributed by atoms with van der Waals surface area (Å²) in [5.74, 6) is 1.02. The molecule has 0 bridgehead atoms. The summed E-state index contributed by atoms with van der Waals surface area (Å²) in [6.07, 6.45) is 3.86. The number of aromatic nitrogens is 4. The third-order valence-electron chi connectivity index (χ3n) is 4.20. The van der Waals surface area contributed by atoms with Gasteiger partial charge in [-0.1, -0.05) is 0 Å². The largest absolute Gasteiger partial charge is 0.346 e. The summed E-state index contributed by atoms with van der Waals surface area (Å²) in [6, 6.07) is 1.99. The summed E-state index contributed by atoms with van der Waals surface area (Å²) in [5.41, 5.74) is 2.40. The van der Waals surface area contributed by atoms with Gasteiger partial charge in [0.1, 0.15) is 11.5 Å². The van der Waals surface area contributed by atoms with E-state index in [0.29, 0.717) is 5.69 Å². The fourth-order valence-electron chi connectivity index (χ4n) is 3.23. The van der Waals surface area contributed by atoms with Gasteiger partial charge < -0.3 is 9.88 Å². The molecule has 1 aliphatic rings. The molecule has 0 radical (unpaired) electrons. The van der Waals surface area contributed by atoms with Crippen molar-refractivity contribution in [3.63, 3.8) is 0 Å². The molecule has 124 valence electrons. The molecule has 2 aromatic heterocycles. The van der Waals surface area contributed by atoms with Gasteiger partial charge in [-0.2, -0.15) is 5.10 Å². The zero-order valence-corrected chi connectivity index (χ0v) is 14.6. The molecule has 1 amide bonds. The van der Waals surface area contributed by atoms with Crippen molar-refractivity contribution < 1.29 is 4.79 Å². The highest BCUT2D eigenvalue weighted by Crippen LogP contribution is 2.18. The van der Waals surface area contributed by atoms with Crippen LogP contribution in [-0.4, -0.2) is 31.3 Å². The maximum Gasteiger partial charge on any atom is 0.272 e. The average molecular weight is 315 g/mol. The second-order valence-corrected chi connectivity index (χ2v) is 7.41. The molecule has 3 heterocycles. The number of carbonyl (C=O) groups excluding carboxylic acids is 1. The van der Waals surface area contributed by atoms with Gasteiger partial charge in [-0.05, 0) is 47.1 Å². The second-order valence-electron chi connectivity index (χ2n) is 7.41. The van der Waals surface area contributed by atoms with Crippen molar-refractivity contribution in [1.82, 2.24) is 24.6 Å². The maximum absolute atomic E-state index is 12.5. The van der Waals surface area contributed by atoms with E-state index in [1.54, 1.807) is 0 Å². The average Bonchev–Trinajstić information content (AvgIpc) is 2.99. The summed E-state index contributed by atoms with van der Waals surface area (Å²) >= 11 is 0. The quantitative estimate of drug-likeness (QED) is 0.924. The highest BCUT2D eigenvalue weighted by molar-refractivity contribution is 5.92. The van der Waals surface area contributed by atoms with Crippen LogP contribution in [0.1, 0.15) is 54.9 Å². The molecule has 6 heteroatoms. The molecule has 6 nitrogen and oxygen atoms in total. The Bertz CT molecular complexity index is 735. The number of amides is 1. The van der Waals surface area contributed by atoms with Crippen LogP contribution in [0.2, 0.25) is 0 Å². The summed E-state index contributed by atoms with van der Waals surface area (Å²) < 4.78 is 4.04. The predicted octanol–water partition coefficient (Wildman–Crippen LogP) is 2.20. The van der Waals surface area contributed by atoms with E-state index >= 15 is 0 Å². The molecule has 1 unspecified atom stereocenters. The summed E-state index contributed by atoms with van der Waals surface area (Å²) in [5, 5.41) is 7.59. The molecule has 0 fully saturated rings. The van der Waals surface area contributed by atoms with Crippen molar-refractivity contribution in [1.29, 1.82) is 0 Å². The minimum Gasteiger partial charge on any atom is -0.346 e. The predicted molar refractivity (Wildman–Crippen MR) is 88.5 cm³/mol. The van der Waals surface area contributed by atoms with Gasteiger partial charge in [0, 0.05) is 30.9 Å². The molecule has 0 spiro atoms. The van der Waals surface area contributed by atoms with Crippen LogP contribution in [0.3, 0.4) is 0 Å². The van der Waals surface area contributed by atoms with E-state index in [1.165, 1.54) is 0 Å². The van der Waals surface area contributed by atoms with Gasteiger partial charge in [0.05, 0.1) is 11.2 Å². The maximum atomic E-state index is 12.5. The Morgan fingerprint density at radius 1 is 1.35 bits per heavy atom. The Hall–Kier alpha value is -2.11. The lowest BCUT2D eigenvalue weighted by molar-refractivity contribution is 0.0921. The summed E-state index contributed by atoms with van der Waals surface area (Å²) in [7, 11) is 0. The zero-order valence-electron chi connectivity index (χ0n) is 14.6. The molecular formula is C17H25N5O. The van der Waals surface area contributed by atoms with E-state index in [-0.39, 0.29) is 17.5 Å². The van der Waals surface area contributed by atoms with E-state index in [4.69, 9.17) is 0 Å². The van der Waals surface area contributed by atoms with Gasteiger partial charge in [-0.15, -0.1) is 0 Å². The van der Waals surface area contributed by atoms with E-state index in [9.17, 15) is 4.79 Å². The molecule has 0 aliphatic carbocycles. The Morgan fingerprint density at radius 3 is 2.74 bits per heavy atom. The number of nitrogens with zero attached hydrogens (tertiary/aromatic N) is 4. The molecule has 23 heavy (non-hydrogen) atoms. The van der Waals surface area contributed by atoms with E-state index in [2.05, 4.69) is 40.7 Å². The van der Waals surface area contributed by atoms with Gasteiger partial charge in [0.2, 0.25) is 0 Å².